The van der Waals surface area contributed by atoms with E-state index in [2.05, 4.69) is 5.32 Å². The van der Waals surface area contributed by atoms with Crippen molar-refractivity contribution in [3.63, 3.8) is 0 Å². The van der Waals surface area contributed by atoms with Crippen LogP contribution < -0.4 is 10.1 Å². The Morgan fingerprint density at radius 2 is 1.94 bits per heavy atom. The molecule has 0 unspecified atom stereocenters. The molecule has 0 saturated carbocycles. The zero-order valence-electron chi connectivity index (χ0n) is 20.1. The number of ether oxygens (including phenoxy) is 2. The van der Waals surface area contributed by atoms with Gasteiger partial charge in [0.1, 0.15) is 12.4 Å². The van der Waals surface area contributed by atoms with Crippen LogP contribution in [-0.4, -0.2) is 73.5 Å². The molecule has 3 amide bonds. The van der Waals surface area contributed by atoms with Gasteiger partial charge in [0.25, 0.3) is 5.91 Å². The molecule has 1 aliphatic rings. The predicted molar refractivity (Wildman–Crippen MR) is 124 cm³/mol. The molecule has 1 aliphatic heterocycles. The summed E-state index contributed by atoms with van der Waals surface area (Å²) < 4.78 is 11.7. The second kappa shape index (κ2) is 11.9. The van der Waals surface area contributed by atoms with Crippen LogP contribution in [0.2, 0.25) is 0 Å². The molecule has 0 saturated heterocycles. The lowest BCUT2D eigenvalue weighted by Gasteiger charge is -2.36. The van der Waals surface area contributed by atoms with Crippen LogP contribution in [0.4, 0.5) is 5.69 Å². The van der Waals surface area contributed by atoms with E-state index in [4.69, 9.17) is 9.47 Å². The number of anilines is 1. The number of nitrogens with one attached hydrogen (secondary N) is 1. The van der Waals surface area contributed by atoms with Gasteiger partial charge in [-0.2, -0.15) is 0 Å². The van der Waals surface area contributed by atoms with E-state index >= 15 is 0 Å². The molecule has 1 heterocycles. The molecule has 0 radical (unpaired) electrons. The fourth-order valence-electron chi connectivity index (χ4n) is 3.85. The average Bonchev–Trinajstić information content (AvgIpc) is 2.77. The first-order valence-electron chi connectivity index (χ1n) is 11.4. The zero-order chi connectivity index (χ0) is 23.8. The Balaban J connectivity index is 2.42. The van der Waals surface area contributed by atoms with Crippen molar-refractivity contribution in [3.8, 4) is 5.75 Å². The summed E-state index contributed by atoms with van der Waals surface area (Å²) in [5.74, 6) is 0.187. The van der Waals surface area contributed by atoms with E-state index < -0.39 is 0 Å². The number of hydrogen-bond donors (Lipinski definition) is 1. The number of nitrogens with zero attached hydrogens (tertiary/aromatic N) is 2. The first kappa shape index (κ1) is 25.6. The molecule has 2 rings (SSSR count). The van der Waals surface area contributed by atoms with E-state index in [-0.39, 0.29) is 42.4 Å². The quantitative estimate of drug-likeness (QED) is 0.749. The number of fused-ring (bicyclic) bond motifs is 1. The minimum Gasteiger partial charge on any atom is -0.491 e. The van der Waals surface area contributed by atoms with Gasteiger partial charge < -0.3 is 24.6 Å². The van der Waals surface area contributed by atoms with E-state index in [0.717, 1.165) is 6.42 Å². The summed E-state index contributed by atoms with van der Waals surface area (Å²) in [6, 6.07) is 4.86. The Labute approximate surface area is 191 Å². The summed E-state index contributed by atoms with van der Waals surface area (Å²) in [4.78, 5) is 41.3. The van der Waals surface area contributed by atoms with Crippen LogP contribution in [0.3, 0.4) is 0 Å². The average molecular weight is 448 g/mol. The summed E-state index contributed by atoms with van der Waals surface area (Å²) in [6.07, 6.45) is 1.34. The molecule has 8 heteroatoms. The van der Waals surface area contributed by atoms with Crippen molar-refractivity contribution in [2.24, 2.45) is 5.92 Å². The maximum atomic E-state index is 13.2. The second-order valence-corrected chi connectivity index (χ2v) is 8.51. The highest BCUT2D eigenvalue weighted by molar-refractivity contribution is 5.98. The Kier molecular flexibility index (Phi) is 9.50. The molecule has 0 fully saturated rings. The van der Waals surface area contributed by atoms with E-state index in [9.17, 15) is 14.4 Å². The van der Waals surface area contributed by atoms with E-state index in [0.29, 0.717) is 42.9 Å². The van der Waals surface area contributed by atoms with Gasteiger partial charge in [-0.3, -0.25) is 14.4 Å². The normalized spacial score (nSPS) is 22.3. The number of rotatable bonds is 5. The third-order valence-electron chi connectivity index (χ3n) is 5.83. The van der Waals surface area contributed by atoms with Gasteiger partial charge >= 0.3 is 0 Å². The van der Waals surface area contributed by atoms with Crippen molar-refractivity contribution in [1.29, 1.82) is 0 Å². The largest absolute Gasteiger partial charge is 0.491 e. The van der Waals surface area contributed by atoms with Gasteiger partial charge in [0.15, 0.2) is 0 Å². The third kappa shape index (κ3) is 6.45. The zero-order valence-corrected chi connectivity index (χ0v) is 20.1. The van der Waals surface area contributed by atoms with Crippen LogP contribution in [-0.2, 0) is 14.3 Å². The van der Waals surface area contributed by atoms with E-state index in [1.54, 1.807) is 37.3 Å². The monoisotopic (exact) mass is 447 g/mol. The van der Waals surface area contributed by atoms with Crippen LogP contribution in [0.5, 0.6) is 5.75 Å². The highest BCUT2D eigenvalue weighted by Gasteiger charge is 2.29. The maximum Gasteiger partial charge on any atom is 0.257 e. The number of amides is 3. The highest BCUT2D eigenvalue weighted by atomic mass is 16.5. The van der Waals surface area contributed by atoms with Crippen LogP contribution >= 0.6 is 0 Å². The fourth-order valence-corrected chi connectivity index (χ4v) is 3.85. The van der Waals surface area contributed by atoms with Gasteiger partial charge in [-0.15, -0.1) is 0 Å². The lowest BCUT2D eigenvalue weighted by molar-refractivity contribution is -0.135. The summed E-state index contributed by atoms with van der Waals surface area (Å²) in [5.41, 5.74) is 0.979. The van der Waals surface area contributed by atoms with Crippen molar-refractivity contribution < 1.29 is 23.9 Å². The molecule has 8 nitrogen and oxygen atoms in total. The van der Waals surface area contributed by atoms with Gasteiger partial charge in [0.05, 0.1) is 17.7 Å². The van der Waals surface area contributed by atoms with Crippen LogP contribution in [0.1, 0.15) is 57.3 Å². The lowest BCUT2D eigenvalue weighted by atomic mass is 10.0. The molecule has 1 aromatic rings. The van der Waals surface area contributed by atoms with Crippen LogP contribution in [0, 0.1) is 5.92 Å². The molecule has 1 N–H and O–H groups in total. The number of hydrogen-bond acceptors (Lipinski definition) is 5. The van der Waals surface area contributed by atoms with Crippen molar-refractivity contribution in [2.75, 3.05) is 39.2 Å². The molecule has 0 aromatic heterocycles. The highest BCUT2D eigenvalue weighted by Crippen LogP contribution is 2.27. The molecular formula is C24H37N3O5. The summed E-state index contributed by atoms with van der Waals surface area (Å²) in [7, 11) is 3.36. The molecule has 0 spiro atoms. The third-order valence-corrected chi connectivity index (χ3v) is 5.83. The SMILES string of the molecule is CCCC(=O)Nc1ccc2c(c1)OC[C@H](C)N(C(=O)CC)C[C@@H](C)[C@@H](OC)CN(C)C2=O. The van der Waals surface area contributed by atoms with Gasteiger partial charge in [0.2, 0.25) is 11.8 Å². The van der Waals surface area contributed by atoms with E-state index in [1.165, 1.54) is 0 Å². The molecule has 178 valence electrons. The van der Waals surface area contributed by atoms with Crippen LogP contribution in [0.15, 0.2) is 18.2 Å². The Hall–Kier alpha value is -2.61. The Bertz CT molecular complexity index is 813. The predicted octanol–water partition coefficient (Wildman–Crippen LogP) is 3.17. The summed E-state index contributed by atoms with van der Waals surface area (Å²) in [6.45, 7) is 8.87. The van der Waals surface area contributed by atoms with Crippen molar-refractivity contribution in [3.05, 3.63) is 23.8 Å². The molecule has 0 aliphatic carbocycles. The number of carbonyl (C=O) groups is 3. The lowest BCUT2D eigenvalue weighted by Crippen LogP contribution is -2.48. The van der Waals surface area contributed by atoms with Gasteiger partial charge in [-0.25, -0.2) is 0 Å². The van der Waals surface area contributed by atoms with Crippen molar-refractivity contribution in [1.82, 2.24) is 9.80 Å². The fraction of sp³-hybridized carbons (Fsp3) is 0.625. The molecule has 3 atom stereocenters. The molecule has 1 aromatic carbocycles. The maximum absolute atomic E-state index is 13.2. The Morgan fingerprint density at radius 3 is 2.56 bits per heavy atom. The first-order valence-corrected chi connectivity index (χ1v) is 11.4. The van der Waals surface area contributed by atoms with Crippen molar-refractivity contribution in [2.45, 2.75) is 59.1 Å². The van der Waals surface area contributed by atoms with Gasteiger partial charge in [-0.1, -0.05) is 20.8 Å². The smallest absolute Gasteiger partial charge is 0.257 e. The number of benzene rings is 1. The second-order valence-electron chi connectivity index (χ2n) is 8.51. The van der Waals surface area contributed by atoms with E-state index in [1.807, 2.05) is 32.6 Å². The van der Waals surface area contributed by atoms with Crippen LogP contribution in [0.25, 0.3) is 0 Å². The molecule has 32 heavy (non-hydrogen) atoms. The number of likely N-dealkylation sites (N-methyl/N-ethyl adjacent to an activating group) is 1. The van der Waals surface area contributed by atoms with Gasteiger partial charge in [-0.05, 0) is 25.5 Å². The standard InChI is InChI=1S/C24H37N3O5/c1-7-9-22(28)25-18-10-11-19-20(12-18)32-15-17(4)27(23(29)8-2)13-16(3)21(31-6)14-26(5)24(19)30/h10-12,16-17,21H,7-9,13-15H2,1-6H3,(H,25,28)/t16-,17+,21+/m1/s1. The minimum absolute atomic E-state index is 0.0308. The first-order chi connectivity index (χ1) is 15.2. The molecule has 0 bridgehead atoms. The molecular weight excluding hydrogens is 410 g/mol. The summed E-state index contributed by atoms with van der Waals surface area (Å²) in [5, 5.41) is 2.85. The van der Waals surface area contributed by atoms with Gasteiger partial charge in [0, 0.05) is 57.8 Å². The number of methoxy groups -OCH3 is 1. The Morgan fingerprint density at radius 1 is 1.22 bits per heavy atom. The topological polar surface area (TPSA) is 88.2 Å². The van der Waals surface area contributed by atoms with Crippen molar-refractivity contribution >= 4 is 23.4 Å². The number of carbonyl (C=O) groups excluding carboxylic acids is 3. The summed E-state index contributed by atoms with van der Waals surface area (Å²) >= 11 is 0. The minimum atomic E-state index is -0.222.